The van der Waals surface area contributed by atoms with Crippen LogP contribution in [0.25, 0.3) is 106 Å². The maximum Gasteiger partial charge on any atom is 0.0991 e. The van der Waals surface area contributed by atoms with Crippen molar-refractivity contribution in [3.63, 3.8) is 0 Å². The van der Waals surface area contributed by atoms with Crippen LogP contribution in [0.3, 0.4) is 0 Å². The standard InChI is InChI=1S/C50H26N4S2/c51-27-29-9-15-45-37(21-29)35-5-1-3-7-43(35)53(45)33-13-19-49-41(25-33)39-23-31(11-17-47(39)55-49)32-12-18-48-40(24-32)42-26-34(14-20-50(42)56-48)54-44-8-4-2-6-36(44)38-22-30(28-52)10-16-46(38)54/h1-26H. The van der Waals surface area contributed by atoms with E-state index in [1.54, 1.807) is 0 Å². The summed E-state index contributed by atoms with van der Waals surface area (Å²) in [6.45, 7) is 0. The van der Waals surface area contributed by atoms with Crippen LogP contribution in [0.1, 0.15) is 11.1 Å². The normalized spacial score (nSPS) is 11.9. The fourth-order valence-electron chi connectivity index (χ4n) is 8.81. The van der Waals surface area contributed by atoms with Crippen LogP contribution < -0.4 is 0 Å². The molecular formula is C50H26N4S2. The summed E-state index contributed by atoms with van der Waals surface area (Å²) >= 11 is 3.66. The Balaban J connectivity index is 1.00. The molecule has 12 aromatic rings. The predicted molar refractivity (Wildman–Crippen MR) is 236 cm³/mol. The second-order valence-electron chi connectivity index (χ2n) is 14.4. The van der Waals surface area contributed by atoms with Gasteiger partial charge in [-0.25, -0.2) is 0 Å². The Morgan fingerprint density at radius 3 is 1.18 bits per heavy atom. The Kier molecular flexibility index (Phi) is 6.48. The molecule has 0 saturated carbocycles. The highest BCUT2D eigenvalue weighted by molar-refractivity contribution is 7.26. The maximum absolute atomic E-state index is 9.64. The van der Waals surface area contributed by atoms with Crippen molar-refractivity contribution < 1.29 is 0 Å². The van der Waals surface area contributed by atoms with Gasteiger partial charge in [0.1, 0.15) is 0 Å². The number of thiophene rings is 2. The molecule has 0 atom stereocenters. The number of nitriles is 2. The average Bonchev–Trinajstić information content (AvgIpc) is 3.99. The van der Waals surface area contributed by atoms with Crippen molar-refractivity contribution in [3.8, 4) is 34.6 Å². The SMILES string of the molecule is N#Cc1ccc2c(c1)c1ccccc1n2-c1ccc2sc3ccc(-c4ccc5sc6ccc(-n7c8ccccc8c8cc(C#N)ccc87)cc6c5c4)cc3c2c1. The first-order valence-electron chi connectivity index (χ1n) is 18.4. The lowest BCUT2D eigenvalue weighted by Gasteiger charge is -2.09. The molecule has 0 radical (unpaired) electrons. The molecule has 8 aromatic carbocycles. The molecule has 0 fully saturated rings. The molecule has 0 aliphatic carbocycles. The number of hydrogen-bond donors (Lipinski definition) is 0. The fraction of sp³-hybridized carbons (Fsp3) is 0. The summed E-state index contributed by atoms with van der Waals surface area (Å²) in [5.74, 6) is 0. The lowest BCUT2D eigenvalue weighted by atomic mass is 10.0. The van der Waals surface area contributed by atoms with Gasteiger partial charge < -0.3 is 9.13 Å². The minimum atomic E-state index is 0.667. The van der Waals surface area contributed by atoms with Gasteiger partial charge in [0, 0.05) is 73.3 Å². The smallest absolute Gasteiger partial charge is 0.0991 e. The average molecular weight is 747 g/mol. The Bertz CT molecular complexity index is 3500. The van der Waals surface area contributed by atoms with Crippen LogP contribution in [-0.2, 0) is 0 Å². The molecule has 0 unspecified atom stereocenters. The third-order valence-corrected chi connectivity index (χ3v) is 13.7. The molecule has 0 saturated heterocycles. The number of fused-ring (bicyclic) bond motifs is 12. The van der Waals surface area contributed by atoms with Gasteiger partial charge in [0.15, 0.2) is 0 Å². The Morgan fingerprint density at radius 2 is 0.732 bits per heavy atom. The van der Waals surface area contributed by atoms with Crippen molar-refractivity contribution in [2.45, 2.75) is 0 Å². The molecule has 12 rings (SSSR count). The summed E-state index contributed by atoms with van der Waals surface area (Å²) in [6, 6.07) is 60.9. The van der Waals surface area contributed by atoms with Crippen molar-refractivity contribution in [3.05, 3.63) is 169 Å². The molecule has 6 heteroatoms. The highest BCUT2D eigenvalue weighted by Gasteiger charge is 2.17. The van der Waals surface area contributed by atoms with Crippen LogP contribution in [-0.4, -0.2) is 9.13 Å². The van der Waals surface area contributed by atoms with E-state index in [9.17, 15) is 10.5 Å². The first-order valence-corrected chi connectivity index (χ1v) is 20.1. The van der Waals surface area contributed by atoms with Gasteiger partial charge in [-0.3, -0.25) is 0 Å². The zero-order valence-electron chi connectivity index (χ0n) is 29.6. The summed E-state index contributed by atoms with van der Waals surface area (Å²) in [5, 5.41) is 28.7. The van der Waals surface area contributed by atoms with Crippen molar-refractivity contribution >= 4 is 107 Å². The number of rotatable bonds is 3. The third-order valence-electron chi connectivity index (χ3n) is 11.4. The molecule has 0 spiro atoms. The molecule has 56 heavy (non-hydrogen) atoms. The summed E-state index contributed by atoms with van der Waals surface area (Å²) in [5.41, 5.74) is 10.4. The molecule has 4 nitrogen and oxygen atoms in total. The number of nitrogens with zero attached hydrogens (tertiary/aromatic N) is 4. The lowest BCUT2D eigenvalue weighted by Crippen LogP contribution is -1.93. The molecular weight excluding hydrogens is 721 g/mol. The van der Waals surface area contributed by atoms with Gasteiger partial charge in [0.2, 0.25) is 0 Å². The van der Waals surface area contributed by atoms with Crippen molar-refractivity contribution in [2.75, 3.05) is 0 Å². The minimum absolute atomic E-state index is 0.667. The van der Waals surface area contributed by atoms with E-state index in [0.29, 0.717) is 11.1 Å². The van der Waals surface area contributed by atoms with Crippen LogP contribution in [0.4, 0.5) is 0 Å². The lowest BCUT2D eigenvalue weighted by molar-refractivity contribution is 1.19. The maximum atomic E-state index is 9.64. The monoisotopic (exact) mass is 746 g/mol. The van der Waals surface area contributed by atoms with E-state index < -0.39 is 0 Å². The molecule has 0 aliphatic heterocycles. The van der Waals surface area contributed by atoms with E-state index in [-0.39, 0.29) is 0 Å². The van der Waals surface area contributed by atoms with Gasteiger partial charge >= 0.3 is 0 Å². The summed E-state index contributed by atoms with van der Waals surface area (Å²) in [6.07, 6.45) is 0. The van der Waals surface area contributed by atoms with Crippen LogP contribution in [0.5, 0.6) is 0 Å². The van der Waals surface area contributed by atoms with E-state index in [4.69, 9.17) is 0 Å². The van der Waals surface area contributed by atoms with Gasteiger partial charge in [-0.15, -0.1) is 22.7 Å². The zero-order chi connectivity index (χ0) is 37.1. The molecule has 0 aliphatic rings. The third kappa shape index (κ3) is 4.43. The first kappa shape index (κ1) is 31.2. The fourth-order valence-corrected chi connectivity index (χ4v) is 10.9. The van der Waals surface area contributed by atoms with E-state index in [1.165, 1.54) is 51.5 Å². The van der Waals surface area contributed by atoms with Crippen molar-refractivity contribution in [1.82, 2.24) is 9.13 Å². The van der Waals surface area contributed by atoms with Crippen molar-refractivity contribution in [2.24, 2.45) is 0 Å². The first-order chi connectivity index (χ1) is 27.6. The highest BCUT2D eigenvalue weighted by Crippen LogP contribution is 2.42. The van der Waals surface area contributed by atoms with Crippen molar-refractivity contribution in [1.29, 1.82) is 10.5 Å². The van der Waals surface area contributed by atoms with Crippen LogP contribution >= 0.6 is 22.7 Å². The number of hydrogen-bond acceptors (Lipinski definition) is 4. The Labute approximate surface area is 328 Å². The number of para-hydroxylation sites is 2. The number of benzene rings is 8. The van der Waals surface area contributed by atoms with Gasteiger partial charge in [0.25, 0.3) is 0 Å². The van der Waals surface area contributed by atoms with Gasteiger partial charge in [-0.1, -0.05) is 48.5 Å². The zero-order valence-corrected chi connectivity index (χ0v) is 31.2. The topological polar surface area (TPSA) is 57.4 Å². The van der Waals surface area contributed by atoms with E-state index in [2.05, 4.69) is 155 Å². The molecule has 4 heterocycles. The number of aromatic nitrogens is 2. The predicted octanol–water partition coefficient (Wildman–Crippen LogP) is 14.0. The second kappa shape index (κ2) is 11.6. The Morgan fingerprint density at radius 1 is 0.339 bits per heavy atom. The summed E-state index contributed by atoms with van der Waals surface area (Å²) in [7, 11) is 0. The summed E-state index contributed by atoms with van der Waals surface area (Å²) < 4.78 is 9.70. The minimum Gasteiger partial charge on any atom is -0.309 e. The second-order valence-corrected chi connectivity index (χ2v) is 16.5. The van der Waals surface area contributed by atoms with E-state index in [1.807, 2.05) is 46.9 Å². The Hall–Kier alpha value is -7.22. The van der Waals surface area contributed by atoms with Gasteiger partial charge in [-0.05, 0) is 120 Å². The highest BCUT2D eigenvalue weighted by atomic mass is 32.1. The van der Waals surface area contributed by atoms with Gasteiger partial charge in [-0.2, -0.15) is 10.5 Å². The molecule has 0 amide bonds. The van der Waals surface area contributed by atoms with Crippen LogP contribution in [0, 0.1) is 22.7 Å². The van der Waals surface area contributed by atoms with E-state index >= 15 is 0 Å². The molecule has 4 aromatic heterocycles. The molecule has 0 N–H and O–H groups in total. The van der Waals surface area contributed by atoms with E-state index in [0.717, 1.165) is 55.0 Å². The summed E-state index contributed by atoms with van der Waals surface area (Å²) in [4.78, 5) is 0. The largest absolute Gasteiger partial charge is 0.309 e. The van der Waals surface area contributed by atoms with Gasteiger partial charge in [0.05, 0.1) is 45.3 Å². The van der Waals surface area contributed by atoms with Crippen LogP contribution in [0.15, 0.2) is 158 Å². The van der Waals surface area contributed by atoms with Crippen LogP contribution in [0.2, 0.25) is 0 Å². The molecule has 0 bridgehead atoms. The molecule has 258 valence electrons. The quantitative estimate of drug-likeness (QED) is 0.181.